The lowest BCUT2D eigenvalue weighted by atomic mass is 9.89. The fraction of sp³-hybridized carbons (Fsp3) is 0.368. The van der Waals surface area contributed by atoms with Crippen LogP contribution in [0.25, 0.3) is 21.8 Å². The molecule has 114 valence electrons. The van der Waals surface area contributed by atoms with Crippen LogP contribution < -0.4 is 11.5 Å². The van der Waals surface area contributed by atoms with Crippen LogP contribution in [0.4, 0.5) is 11.4 Å². The van der Waals surface area contributed by atoms with E-state index in [1.165, 1.54) is 53.9 Å². The van der Waals surface area contributed by atoms with E-state index in [9.17, 15) is 0 Å². The quantitative estimate of drug-likeness (QED) is 0.681. The van der Waals surface area contributed by atoms with Crippen molar-refractivity contribution >= 4 is 33.2 Å². The highest BCUT2D eigenvalue weighted by Crippen LogP contribution is 2.34. The SMILES string of the molecule is Nc1ccc2c3ccc(N)cc3n(CC3CCCCC3)c2c1. The van der Waals surface area contributed by atoms with Gasteiger partial charge >= 0.3 is 0 Å². The van der Waals surface area contributed by atoms with Crippen LogP contribution in [0.5, 0.6) is 0 Å². The Kier molecular flexibility index (Phi) is 3.21. The smallest absolute Gasteiger partial charge is 0.0512 e. The number of nitrogens with two attached hydrogens (primary N) is 2. The first kappa shape index (κ1) is 13.5. The highest BCUT2D eigenvalue weighted by molar-refractivity contribution is 6.09. The molecule has 1 aliphatic carbocycles. The molecule has 1 fully saturated rings. The zero-order valence-corrected chi connectivity index (χ0v) is 12.9. The standard InChI is InChI=1S/C19H23N3/c20-14-6-8-16-17-9-7-15(21)11-19(17)22(18(16)10-14)12-13-4-2-1-3-5-13/h6-11,13H,1-5,12,20-21H2. The van der Waals surface area contributed by atoms with Crippen molar-refractivity contribution in [2.24, 2.45) is 5.92 Å². The number of hydrogen-bond donors (Lipinski definition) is 2. The van der Waals surface area contributed by atoms with E-state index in [2.05, 4.69) is 28.8 Å². The molecule has 2 aromatic carbocycles. The van der Waals surface area contributed by atoms with E-state index < -0.39 is 0 Å². The van der Waals surface area contributed by atoms with Crippen LogP contribution in [0.2, 0.25) is 0 Å². The molecule has 0 atom stereocenters. The van der Waals surface area contributed by atoms with Gasteiger partial charge < -0.3 is 16.0 Å². The number of nitrogen functional groups attached to an aromatic ring is 2. The average molecular weight is 293 g/mol. The van der Waals surface area contributed by atoms with Crippen LogP contribution in [0, 0.1) is 5.92 Å². The first-order valence-electron chi connectivity index (χ1n) is 8.29. The second-order valence-electron chi connectivity index (χ2n) is 6.67. The summed E-state index contributed by atoms with van der Waals surface area (Å²) >= 11 is 0. The van der Waals surface area contributed by atoms with E-state index in [4.69, 9.17) is 11.5 Å². The molecule has 1 aromatic heterocycles. The molecule has 0 saturated heterocycles. The monoisotopic (exact) mass is 293 g/mol. The normalized spacial score (nSPS) is 16.5. The molecule has 3 aromatic rings. The number of benzene rings is 2. The van der Waals surface area contributed by atoms with Gasteiger partial charge in [-0.25, -0.2) is 0 Å². The van der Waals surface area contributed by atoms with E-state index in [0.29, 0.717) is 0 Å². The average Bonchev–Trinajstić information content (AvgIpc) is 2.81. The molecule has 1 aliphatic rings. The largest absolute Gasteiger partial charge is 0.399 e. The van der Waals surface area contributed by atoms with Gasteiger partial charge in [0.2, 0.25) is 0 Å². The highest BCUT2D eigenvalue weighted by Gasteiger charge is 2.18. The van der Waals surface area contributed by atoms with Gasteiger partial charge in [0.15, 0.2) is 0 Å². The van der Waals surface area contributed by atoms with Gasteiger partial charge in [0, 0.05) is 28.7 Å². The second-order valence-corrected chi connectivity index (χ2v) is 6.67. The minimum atomic E-state index is 0.774. The maximum atomic E-state index is 6.04. The zero-order chi connectivity index (χ0) is 15.1. The van der Waals surface area contributed by atoms with Crippen molar-refractivity contribution in [2.45, 2.75) is 38.6 Å². The van der Waals surface area contributed by atoms with E-state index in [1.807, 2.05) is 12.1 Å². The molecular formula is C19H23N3. The van der Waals surface area contributed by atoms with Gasteiger partial charge in [0.25, 0.3) is 0 Å². The maximum Gasteiger partial charge on any atom is 0.0512 e. The summed E-state index contributed by atoms with van der Waals surface area (Å²) in [6, 6.07) is 12.5. The molecule has 22 heavy (non-hydrogen) atoms. The topological polar surface area (TPSA) is 57.0 Å². The molecule has 1 heterocycles. The number of fused-ring (bicyclic) bond motifs is 3. The van der Waals surface area contributed by atoms with E-state index >= 15 is 0 Å². The third kappa shape index (κ3) is 2.21. The summed E-state index contributed by atoms with van der Waals surface area (Å²) < 4.78 is 2.44. The summed E-state index contributed by atoms with van der Waals surface area (Å²) in [4.78, 5) is 0. The third-order valence-electron chi connectivity index (χ3n) is 5.08. The van der Waals surface area contributed by atoms with Gasteiger partial charge in [-0.1, -0.05) is 31.4 Å². The minimum Gasteiger partial charge on any atom is -0.399 e. The maximum absolute atomic E-state index is 6.04. The molecule has 1 saturated carbocycles. The van der Waals surface area contributed by atoms with E-state index in [1.54, 1.807) is 0 Å². The molecular weight excluding hydrogens is 270 g/mol. The van der Waals surface area contributed by atoms with Crippen molar-refractivity contribution in [3.8, 4) is 0 Å². The van der Waals surface area contributed by atoms with Gasteiger partial charge in [-0.2, -0.15) is 0 Å². The Labute approximate surface area is 130 Å². The molecule has 4 rings (SSSR count). The van der Waals surface area contributed by atoms with Gasteiger partial charge in [0.05, 0.1) is 11.0 Å². The highest BCUT2D eigenvalue weighted by atomic mass is 15.0. The molecule has 4 N–H and O–H groups in total. The number of aromatic nitrogens is 1. The van der Waals surface area contributed by atoms with Crippen LogP contribution in [0.3, 0.4) is 0 Å². The Morgan fingerprint density at radius 3 is 1.91 bits per heavy atom. The summed E-state index contributed by atoms with van der Waals surface area (Å²) in [6.45, 7) is 1.08. The van der Waals surface area contributed by atoms with Gasteiger partial charge in [0.1, 0.15) is 0 Å². The molecule has 3 heteroatoms. The zero-order valence-electron chi connectivity index (χ0n) is 12.9. The van der Waals surface area contributed by atoms with Crippen molar-refractivity contribution < 1.29 is 0 Å². The summed E-state index contributed by atoms with van der Waals surface area (Å²) in [5.41, 5.74) is 16.2. The molecule has 0 radical (unpaired) electrons. The number of nitrogens with zero attached hydrogens (tertiary/aromatic N) is 1. The number of hydrogen-bond acceptors (Lipinski definition) is 2. The van der Waals surface area contributed by atoms with Gasteiger partial charge in [-0.05, 0) is 43.0 Å². The van der Waals surface area contributed by atoms with Crippen molar-refractivity contribution in [1.29, 1.82) is 0 Å². The fourth-order valence-corrected chi connectivity index (χ4v) is 3.95. The molecule has 0 aliphatic heterocycles. The molecule has 0 unspecified atom stereocenters. The van der Waals surface area contributed by atoms with Crippen LogP contribution in [-0.2, 0) is 6.54 Å². The predicted molar refractivity (Wildman–Crippen MR) is 94.8 cm³/mol. The lowest BCUT2D eigenvalue weighted by molar-refractivity contribution is 0.325. The molecule has 0 bridgehead atoms. The van der Waals surface area contributed by atoms with Crippen LogP contribution >= 0.6 is 0 Å². The Hall–Kier alpha value is -2.16. The Bertz CT molecular complexity index is 766. The van der Waals surface area contributed by atoms with Crippen LogP contribution in [0.1, 0.15) is 32.1 Å². The molecule has 0 spiro atoms. The van der Waals surface area contributed by atoms with E-state index in [-0.39, 0.29) is 0 Å². The van der Waals surface area contributed by atoms with E-state index in [0.717, 1.165) is 23.8 Å². The van der Waals surface area contributed by atoms with Crippen molar-refractivity contribution in [3.05, 3.63) is 36.4 Å². The third-order valence-corrected chi connectivity index (χ3v) is 5.08. The van der Waals surface area contributed by atoms with Crippen molar-refractivity contribution in [3.63, 3.8) is 0 Å². The van der Waals surface area contributed by atoms with Crippen LogP contribution in [-0.4, -0.2) is 4.57 Å². The summed E-state index contributed by atoms with van der Waals surface area (Å²) in [5.74, 6) is 0.774. The fourth-order valence-electron chi connectivity index (χ4n) is 3.95. The first-order chi connectivity index (χ1) is 10.7. The second kappa shape index (κ2) is 5.24. The lowest BCUT2D eigenvalue weighted by Crippen LogP contribution is -2.14. The molecule has 3 nitrogen and oxygen atoms in total. The predicted octanol–water partition coefficient (Wildman–Crippen LogP) is 4.54. The lowest BCUT2D eigenvalue weighted by Gasteiger charge is -2.23. The van der Waals surface area contributed by atoms with Gasteiger partial charge in [-0.3, -0.25) is 0 Å². The molecule has 0 amide bonds. The Morgan fingerprint density at radius 1 is 0.818 bits per heavy atom. The van der Waals surface area contributed by atoms with Crippen molar-refractivity contribution in [2.75, 3.05) is 11.5 Å². The number of rotatable bonds is 2. The first-order valence-corrected chi connectivity index (χ1v) is 8.29. The Balaban J connectivity index is 1.91. The summed E-state index contributed by atoms with van der Waals surface area (Å²) in [6.07, 6.45) is 6.80. The van der Waals surface area contributed by atoms with Crippen molar-refractivity contribution in [1.82, 2.24) is 4.57 Å². The summed E-state index contributed by atoms with van der Waals surface area (Å²) in [5, 5.41) is 2.56. The number of anilines is 2. The summed E-state index contributed by atoms with van der Waals surface area (Å²) in [7, 11) is 0. The minimum absolute atomic E-state index is 0.774. The van der Waals surface area contributed by atoms with Gasteiger partial charge in [-0.15, -0.1) is 0 Å². The Morgan fingerprint density at radius 2 is 1.36 bits per heavy atom. The van der Waals surface area contributed by atoms with Crippen LogP contribution in [0.15, 0.2) is 36.4 Å².